The first kappa shape index (κ1) is 13.4. The topological polar surface area (TPSA) is 80.0 Å². The number of nitrogens with one attached hydrogen (secondary N) is 2. The van der Waals surface area contributed by atoms with Gasteiger partial charge in [-0.1, -0.05) is 12.2 Å². The maximum atomic E-state index is 11.4. The van der Waals surface area contributed by atoms with Crippen molar-refractivity contribution in [1.82, 2.24) is 10.3 Å². The summed E-state index contributed by atoms with van der Waals surface area (Å²) in [4.78, 5) is 15.8. The van der Waals surface area contributed by atoms with Gasteiger partial charge in [-0.2, -0.15) is 0 Å². The zero-order valence-corrected chi connectivity index (χ0v) is 10.7. The minimum absolute atomic E-state index is 0.0810. The minimum Gasteiger partial charge on any atom is -0.389 e. The Balaban J connectivity index is 2.54. The van der Waals surface area contributed by atoms with Crippen molar-refractivity contribution < 1.29 is 4.79 Å². The Kier molecular flexibility index (Phi) is 4.84. The molecule has 0 saturated heterocycles. The van der Waals surface area contributed by atoms with Crippen LogP contribution in [0.25, 0.3) is 0 Å². The monoisotopic (exact) mass is 252 g/mol. The number of hydrogen-bond donors (Lipinski definition) is 3. The second-order valence-corrected chi connectivity index (χ2v) is 4.31. The second kappa shape index (κ2) is 6.15. The lowest BCUT2D eigenvalue weighted by molar-refractivity contribution is -0.119. The van der Waals surface area contributed by atoms with Crippen molar-refractivity contribution in [3.05, 3.63) is 23.9 Å². The number of rotatable bonds is 5. The van der Waals surface area contributed by atoms with Crippen molar-refractivity contribution in [2.75, 3.05) is 11.9 Å². The molecule has 1 rings (SSSR count). The van der Waals surface area contributed by atoms with E-state index in [0.717, 1.165) is 5.56 Å². The standard InChI is InChI=1S/C11H16N4OS/c1-7(2)15-10(16)6-14-9-5-8(11(12)17)3-4-13-9/h3-5,7H,6H2,1-2H3,(H2,12,17)(H,13,14)(H,15,16). The van der Waals surface area contributed by atoms with Crippen LogP contribution < -0.4 is 16.4 Å². The summed E-state index contributed by atoms with van der Waals surface area (Å²) in [7, 11) is 0. The number of aromatic nitrogens is 1. The van der Waals surface area contributed by atoms with Gasteiger partial charge < -0.3 is 16.4 Å². The van der Waals surface area contributed by atoms with Crippen molar-refractivity contribution in [2.45, 2.75) is 19.9 Å². The summed E-state index contributed by atoms with van der Waals surface area (Å²) in [5.41, 5.74) is 6.22. The average molecular weight is 252 g/mol. The number of carbonyl (C=O) groups excluding carboxylic acids is 1. The van der Waals surface area contributed by atoms with E-state index in [2.05, 4.69) is 15.6 Å². The van der Waals surface area contributed by atoms with Crippen LogP contribution in [0.5, 0.6) is 0 Å². The van der Waals surface area contributed by atoms with E-state index in [1.807, 2.05) is 13.8 Å². The molecule has 17 heavy (non-hydrogen) atoms. The zero-order valence-electron chi connectivity index (χ0n) is 9.86. The Bertz CT molecular complexity index is 420. The molecule has 0 atom stereocenters. The first-order valence-corrected chi connectivity index (χ1v) is 5.69. The fraction of sp³-hybridized carbons (Fsp3) is 0.364. The Morgan fingerprint density at radius 3 is 2.88 bits per heavy atom. The van der Waals surface area contributed by atoms with Crippen LogP contribution in [0, 0.1) is 0 Å². The number of nitrogens with zero attached hydrogens (tertiary/aromatic N) is 1. The van der Waals surface area contributed by atoms with Gasteiger partial charge in [-0.15, -0.1) is 0 Å². The van der Waals surface area contributed by atoms with E-state index in [9.17, 15) is 4.79 Å². The van der Waals surface area contributed by atoms with Crippen molar-refractivity contribution in [3.8, 4) is 0 Å². The molecule has 6 heteroatoms. The Hall–Kier alpha value is -1.69. The third-order valence-corrected chi connectivity index (χ3v) is 2.16. The lowest BCUT2D eigenvalue weighted by Gasteiger charge is -2.10. The van der Waals surface area contributed by atoms with Crippen molar-refractivity contribution in [2.24, 2.45) is 5.73 Å². The number of nitrogens with two attached hydrogens (primary N) is 1. The first-order valence-electron chi connectivity index (χ1n) is 5.28. The van der Waals surface area contributed by atoms with Crippen molar-refractivity contribution in [1.29, 1.82) is 0 Å². The van der Waals surface area contributed by atoms with Gasteiger partial charge in [0.05, 0.1) is 6.54 Å². The van der Waals surface area contributed by atoms with E-state index in [4.69, 9.17) is 18.0 Å². The summed E-state index contributed by atoms with van der Waals surface area (Å²) in [5, 5.41) is 5.68. The molecule has 0 bridgehead atoms. The molecule has 0 aliphatic heterocycles. The van der Waals surface area contributed by atoms with Gasteiger partial charge in [-0.05, 0) is 26.0 Å². The normalized spacial score (nSPS) is 10.1. The lowest BCUT2D eigenvalue weighted by Crippen LogP contribution is -2.35. The van der Waals surface area contributed by atoms with Gasteiger partial charge in [0, 0.05) is 17.8 Å². The summed E-state index contributed by atoms with van der Waals surface area (Å²) in [6.07, 6.45) is 1.59. The molecule has 0 saturated carbocycles. The molecule has 1 aromatic heterocycles. The number of amides is 1. The molecule has 0 aromatic carbocycles. The minimum atomic E-state index is -0.0810. The van der Waals surface area contributed by atoms with Crippen LogP contribution in [0.2, 0.25) is 0 Å². The van der Waals surface area contributed by atoms with Crippen LogP contribution in [-0.4, -0.2) is 28.5 Å². The third kappa shape index (κ3) is 4.78. The lowest BCUT2D eigenvalue weighted by atomic mass is 10.2. The third-order valence-electron chi connectivity index (χ3n) is 1.92. The molecule has 1 amide bonds. The molecule has 4 N–H and O–H groups in total. The maximum Gasteiger partial charge on any atom is 0.239 e. The predicted molar refractivity (Wildman–Crippen MR) is 71.9 cm³/mol. The van der Waals surface area contributed by atoms with E-state index >= 15 is 0 Å². The highest BCUT2D eigenvalue weighted by molar-refractivity contribution is 7.80. The van der Waals surface area contributed by atoms with E-state index in [-0.39, 0.29) is 18.5 Å². The maximum absolute atomic E-state index is 11.4. The first-order chi connectivity index (χ1) is 7.99. The molecule has 1 aromatic rings. The molecule has 0 aliphatic carbocycles. The van der Waals surface area contributed by atoms with Gasteiger partial charge in [-0.25, -0.2) is 4.98 Å². The van der Waals surface area contributed by atoms with Crippen molar-refractivity contribution >= 4 is 28.9 Å². The van der Waals surface area contributed by atoms with Crippen LogP contribution in [0.4, 0.5) is 5.82 Å². The molecule has 0 fully saturated rings. The smallest absolute Gasteiger partial charge is 0.239 e. The van der Waals surface area contributed by atoms with Gasteiger partial charge in [0.2, 0.25) is 5.91 Å². The van der Waals surface area contributed by atoms with Crippen molar-refractivity contribution in [3.63, 3.8) is 0 Å². The van der Waals surface area contributed by atoms with Gasteiger partial charge in [0.25, 0.3) is 0 Å². The zero-order chi connectivity index (χ0) is 12.8. The Morgan fingerprint density at radius 2 is 2.29 bits per heavy atom. The van der Waals surface area contributed by atoms with Crippen LogP contribution >= 0.6 is 12.2 Å². The summed E-state index contributed by atoms with van der Waals surface area (Å²) in [6.45, 7) is 3.99. The molecule has 0 radical (unpaired) electrons. The Labute approximate surface area is 106 Å². The fourth-order valence-corrected chi connectivity index (χ4v) is 1.35. The molecule has 0 spiro atoms. The van der Waals surface area contributed by atoms with Gasteiger partial charge in [0.1, 0.15) is 10.8 Å². The highest BCUT2D eigenvalue weighted by Gasteiger charge is 2.04. The number of carbonyl (C=O) groups is 1. The summed E-state index contributed by atoms with van der Waals surface area (Å²) in [6, 6.07) is 3.56. The van der Waals surface area contributed by atoms with Gasteiger partial charge >= 0.3 is 0 Å². The Morgan fingerprint density at radius 1 is 1.59 bits per heavy atom. The summed E-state index contributed by atoms with van der Waals surface area (Å²) < 4.78 is 0. The molecular weight excluding hydrogens is 236 g/mol. The average Bonchev–Trinajstić information content (AvgIpc) is 2.26. The van der Waals surface area contributed by atoms with Gasteiger partial charge in [-0.3, -0.25) is 4.79 Å². The summed E-state index contributed by atoms with van der Waals surface area (Å²) >= 11 is 4.86. The van der Waals surface area contributed by atoms with E-state index in [0.29, 0.717) is 10.8 Å². The van der Waals surface area contributed by atoms with E-state index in [1.165, 1.54) is 0 Å². The number of pyridine rings is 1. The molecular formula is C11H16N4OS. The van der Waals surface area contributed by atoms with Crippen LogP contribution in [0.1, 0.15) is 19.4 Å². The molecule has 92 valence electrons. The van der Waals surface area contributed by atoms with Crippen LogP contribution in [0.3, 0.4) is 0 Å². The van der Waals surface area contributed by atoms with Crippen LogP contribution in [-0.2, 0) is 4.79 Å². The van der Waals surface area contributed by atoms with E-state index < -0.39 is 0 Å². The number of thiocarbonyl (C=S) groups is 1. The predicted octanol–water partition coefficient (Wildman–Crippen LogP) is 0.652. The number of hydrogen-bond acceptors (Lipinski definition) is 4. The quantitative estimate of drug-likeness (QED) is 0.671. The molecule has 0 unspecified atom stereocenters. The highest BCUT2D eigenvalue weighted by atomic mass is 32.1. The largest absolute Gasteiger partial charge is 0.389 e. The SMILES string of the molecule is CC(C)NC(=O)CNc1cc(C(N)=S)ccn1. The van der Waals surface area contributed by atoms with Gasteiger partial charge in [0.15, 0.2) is 0 Å². The summed E-state index contributed by atoms with van der Waals surface area (Å²) in [5.74, 6) is 0.497. The van der Waals surface area contributed by atoms with E-state index in [1.54, 1.807) is 18.3 Å². The molecule has 0 aliphatic rings. The molecule has 1 heterocycles. The number of anilines is 1. The highest BCUT2D eigenvalue weighted by Crippen LogP contribution is 2.05. The molecule has 5 nitrogen and oxygen atoms in total. The second-order valence-electron chi connectivity index (χ2n) is 3.87. The fourth-order valence-electron chi connectivity index (χ4n) is 1.22. The van der Waals surface area contributed by atoms with Crippen LogP contribution in [0.15, 0.2) is 18.3 Å².